The molecule has 0 atom stereocenters. The Labute approximate surface area is 199 Å². The lowest BCUT2D eigenvalue weighted by atomic mass is 10.1. The van der Waals surface area contributed by atoms with Gasteiger partial charge in [0, 0.05) is 12.1 Å². The van der Waals surface area contributed by atoms with Gasteiger partial charge in [0.05, 0.1) is 21.9 Å². The second-order valence-electron chi connectivity index (χ2n) is 7.52. The van der Waals surface area contributed by atoms with Gasteiger partial charge < -0.3 is 4.74 Å². The van der Waals surface area contributed by atoms with Crippen LogP contribution in [0.4, 0.5) is 10.5 Å². The molecule has 0 saturated carbocycles. The number of nitro groups is 1. The fourth-order valence-corrected chi connectivity index (χ4v) is 4.14. The van der Waals surface area contributed by atoms with E-state index in [0.29, 0.717) is 10.5 Å². The number of ether oxygens (including phenoxy) is 1. The topological polar surface area (TPSA) is 107 Å². The third kappa shape index (κ3) is 5.21. The second-order valence-corrected chi connectivity index (χ2v) is 8.51. The Morgan fingerprint density at radius 3 is 2.41 bits per heavy atom. The van der Waals surface area contributed by atoms with Gasteiger partial charge in [-0.1, -0.05) is 42.0 Å². The number of amides is 2. The lowest BCUT2D eigenvalue weighted by Gasteiger charge is -2.12. The highest BCUT2D eigenvalue weighted by atomic mass is 32.2. The summed E-state index contributed by atoms with van der Waals surface area (Å²) in [7, 11) is 0. The number of hydrogen-bond acceptors (Lipinski definition) is 7. The molecule has 3 aromatic rings. The number of carbonyl (C=O) groups excluding carboxylic acids is 3. The highest BCUT2D eigenvalue weighted by molar-refractivity contribution is 8.18. The number of imide groups is 1. The third-order valence-electron chi connectivity index (χ3n) is 5.00. The summed E-state index contributed by atoms with van der Waals surface area (Å²) in [6.07, 6.45) is 1.61. The van der Waals surface area contributed by atoms with E-state index >= 15 is 0 Å². The van der Waals surface area contributed by atoms with Crippen molar-refractivity contribution < 1.29 is 24.0 Å². The number of non-ortho nitro benzene ring substituents is 1. The van der Waals surface area contributed by atoms with Gasteiger partial charge >= 0.3 is 5.97 Å². The first-order valence-electron chi connectivity index (χ1n) is 10.2. The van der Waals surface area contributed by atoms with Gasteiger partial charge in [-0.3, -0.25) is 24.6 Å². The molecule has 0 bridgehead atoms. The summed E-state index contributed by atoms with van der Waals surface area (Å²) in [4.78, 5) is 49.1. The zero-order chi connectivity index (χ0) is 24.2. The smallest absolute Gasteiger partial charge is 0.343 e. The number of benzene rings is 3. The van der Waals surface area contributed by atoms with Crippen LogP contribution in [0.1, 0.15) is 27.0 Å². The number of thioether (sulfide) groups is 1. The van der Waals surface area contributed by atoms with E-state index in [4.69, 9.17) is 4.74 Å². The lowest BCUT2D eigenvalue weighted by molar-refractivity contribution is -0.384. The Morgan fingerprint density at radius 1 is 1.06 bits per heavy atom. The van der Waals surface area contributed by atoms with Crippen molar-refractivity contribution in [1.82, 2.24) is 4.90 Å². The molecule has 0 radical (unpaired) electrons. The summed E-state index contributed by atoms with van der Waals surface area (Å²) < 4.78 is 5.29. The van der Waals surface area contributed by atoms with Gasteiger partial charge in [-0.15, -0.1) is 0 Å². The fraction of sp³-hybridized carbons (Fsp3) is 0.0800. The summed E-state index contributed by atoms with van der Waals surface area (Å²) in [5, 5.41) is 10.4. The number of nitrogens with zero attached hydrogens (tertiary/aromatic N) is 2. The van der Waals surface area contributed by atoms with Crippen LogP contribution in [-0.4, -0.2) is 26.9 Å². The van der Waals surface area contributed by atoms with E-state index in [9.17, 15) is 24.5 Å². The van der Waals surface area contributed by atoms with Crippen molar-refractivity contribution >= 4 is 40.6 Å². The molecule has 34 heavy (non-hydrogen) atoms. The highest BCUT2D eigenvalue weighted by Gasteiger charge is 2.34. The minimum Gasteiger partial charge on any atom is -0.423 e. The molecule has 0 aromatic heterocycles. The van der Waals surface area contributed by atoms with Crippen molar-refractivity contribution in [3.05, 3.63) is 110 Å². The van der Waals surface area contributed by atoms with Gasteiger partial charge in [-0.2, -0.15) is 0 Å². The van der Waals surface area contributed by atoms with Crippen molar-refractivity contribution in [2.24, 2.45) is 0 Å². The molecule has 1 aliphatic heterocycles. The minimum atomic E-state index is -0.653. The summed E-state index contributed by atoms with van der Waals surface area (Å²) in [5.74, 6) is -0.738. The first-order chi connectivity index (χ1) is 16.3. The molecule has 2 amide bonds. The quantitative estimate of drug-likeness (QED) is 0.156. The van der Waals surface area contributed by atoms with Gasteiger partial charge in [0.15, 0.2) is 0 Å². The minimum absolute atomic E-state index is 0.121. The normalized spacial score (nSPS) is 14.5. The standard InChI is InChI=1S/C25H18N2O6S/c1-16-3-2-4-18(13-16)15-26-23(28)22(34-25(26)30)14-17-5-11-21(12-6-17)33-24(29)19-7-9-20(10-8-19)27(31)32/h2-14H,15H2,1H3/b22-14-. The summed E-state index contributed by atoms with van der Waals surface area (Å²) in [5.41, 5.74) is 2.65. The van der Waals surface area contributed by atoms with Crippen LogP contribution in [0.5, 0.6) is 5.75 Å². The van der Waals surface area contributed by atoms with Crippen molar-refractivity contribution in [2.45, 2.75) is 13.5 Å². The van der Waals surface area contributed by atoms with Crippen LogP contribution < -0.4 is 4.74 Å². The molecule has 3 aromatic carbocycles. The van der Waals surface area contributed by atoms with Crippen molar-refractivity contribution in [2.75, 3.05) is 0 Å². The molecule has 1 heterocycles. The van der Waals surface area contributed by atoms with Crippen LogP contribution in [0.2, 0.25) is 0 Å². The molecule has 8 nitrogen and oxygen atoms in total. The highest BCUT2D eigenvalue weighted by Crippen LogP contribution is 2.33. The first kappa shape index (κ1) is 22.9. The van der Waals surface area contributed by atoms with Gasteiger partial charge in [0.1, 0.15) is 5.75 Å². The van der Waals surface area contributed by atoms with Crippen molar-refractivity contribution in [3.8, 4) is 5.75 Å². The number of rotatable bonds is 6. The number of aryl methyl sites for hydroxylation is 1. The molecule has 1 fully saturated rings. The summed E-state index contributed by atoms with van der Waals surface area (Å²) in [6.45, 7) is 2.16. The Balaban J connectivity index is 1.42. The average molecular weight is 474 g/mol. The maximum atomic E-state index is 12.7. The number of nitro benzene ring substituents is 1. The predicted molar refractivity (Wildman–Crippen MR) is 127 cm³/mol. The molecular formula is C25H18N2O6S. The SMILES string of the molecule is Cc1cccc(CN2C(=O)S/C(=C\c3ccc(OC(=O)c4ccc([N+](=O)[O-])cc4)cc3)C2=O)c1. The van der Waals surface area contributed by atoms with Crippen LogP contribution in [-0.2, 0) is 11.3 Å². The Bertz CT molecular complexity index is 1320. The lowest BCUT2D eigenvalue weighted by Crippen LogP contribution is -2.27. The molecule has 1 saturated heterocycles. The van der Waals surface area contributed by atoms with Gasteiger partial charge in [-0.25, -0.2) is 4.79 Å². The zero-order valence-electron chi connectivity index (χ0n) is 18.0. The number of carbonyl (C=O) groups is 3. The van der Waals surface area contributed by atoms with E-state index in [1.165, 1.54) is 29.2 Å². The number of esters is 1. The molecular weight excluding hydrogens is 456 g/mol. The molecule has 170 valence electrons. The van der Waals surface area contributed by atoms with Gasteiger partial charge in [-0.05, 0) is 60.2 Å². The van der Waals surface area contributed by atoms with Crippen molar-refractivity contribution in [3.63, 3.8) is 0 Å². The van der Waals surface area contributed by atoms with Crippen LogP contribution in [0.15, 0.2) is 77.7 Å². The maximum absolute atomic E-state index is 12.7. The van der Waals surface area contributed by atoms with E-state index in [0.717, 1.165) is 22.9 Å². The molecule has 0 unspecified atom stereocenters. The van der Waals surface area contributed by atoms with Crippen molar-refractivity contribution in [1.29, 1.82) is 0 Å². The zero-order valence-corrected chi connectivity index (χ0v) is 18.8. The van der Waals surface area contributed by atoms with Gasteiger partial charge in [0.2, 0.25) is 0 Å². The molecule has 0 spiro atoms. The fourth-order valence-electron chi connectivity index (χ4n) is 3.30. The average Bonchev–Trinajstić information content (AvgIpc) is 3.07. The molecule has 0 N–H and O–H groups in total. The Hall–Kier alpha value is -4.24. The molecule has 9 heteroatoms. The van der Waals surface area contributed by atoms with Crippen LogP contribution in [0.3, 0.4) is 0 Å². The second kappa shape index (κ2) is 9.72. The number of hydrogen-bond donors (Lipinski definition) is 0. The predicted octanol–water partition coefficient (Wildman–Crippen LogP) is 5.36. The van der Waals surface area contributed by atoms with Crippen LogP contribution in [0, 0.1) is 17.0 Å². The van der Waals surface area contributed by atoms with E-state index in [-0.39, 0.29) is 34.7 Å². The van der Waals surface area contributed by atoms with Gasteiger partial charge in [0.25, 0.3) is 16.8 Å². The third-order valence-corrected chi connectivity index (χ3v) is 5.91. The maximum Gasteiger partial charge on any atom is 0.343 e. The Morgan fingerprint density at radius 2 is 1.76 bits per heavy atom. The first-order valence-corrected chi connectivity index (χ1v) is 11.0. The molecule has 4 rings (SSSR count). The molecule has 1 aliphatic rings. The summed E-state index contributed by atoms with van der Waals surface area (Å²) >= 11 is 0.881. The van der Waals surface area contributed by atoms with Crippen LogP contribution >= 0.6 is 11.8 Å². The van der Waals surface area contributed by atoms with E-state index in [1.807, 2.05) is 31.2 Å². The van der Waals surface area contributed by atoms with E-state index in [1.54, 1.807) is 30.3 Å². The van der Waals surface area contributed by atoms with E-state index in [2.05, 4.69) is 0 Å². The molecule has 0 aliphatic carbocycles. The van der Waals surface area contributed by atoms with Crippen LogP contribution in [0.25, 0.3) is 6.08 Å². The largest absolute Gasteiger partial charge is 0.423 e. The monoisotopic (exact) mass is 474 g/mol. The Kier molecular flexibility index (Phi) is 6.55. The van der Waals surface area contributed by atoms with E-state index < -0.39 is 10.9 Å². The summed E-state index contributed by atoms with van der Waals surface area (Å²) in [6, 6.07) is 19.2.